The molecule has 0 atom stereocenters. The molecule has 2 nitrogen and oxygen atoms in total. The number of allylic oxidation sites excluding steroid dienone is 3. The molecule has 0 rings (SSSR count). The highest BCUT2D eigenvalue weighted by Gasteiger charge is 2.00. The van der Waals surface area contributed by atoms with Crippen LogP contribution < -0.4 is 0 Å². The Kier molecular flexibility index (Phi) is 6.06. The van der Waals surface area contributed by atoms with E-state index in [2.05, 4.69) is 19.2 Å². The molecule has 0 aliphatic carbocycles. The SMILES string of the molecule is C=C/C(=C\C(=C/C)CS)CC(=O)O. The smallest absolute Gasteiger partial charge is 0.307 e. The number of rotatable bonds is 5. The molecule has 13 heavy (non-hydrogen) atoms. The second kappa shape index (κ2) is 6.54. The van der Waals surface area contributed by atoms with E-state index >= 15 is 0 Å². The molecule has 0 saturated carbocycles. The molecule has 0 aliphatic rings. The van der Waals surface area contributed by atoms with Crippen molar-refractivity contribution in [1.82, 2.24) is 0 Å². The van der Waals surface area contributed by atoms with E-state index in [1.54, 1.807) is 12.2 Å². The maximum absolute atomic E-state index is 10.4. The summed E-state index contributed by atoms with van der Waals surface area (Å²) >= 11 is 4.11. The molecule has 1 N–H and O–H groups in total. The Morgan fingerprint density at radius 2 is 2.15 bits per heavy atom. The molecule has 3 heteroatoms. The molecular formula is C10H14O2S. The van der Waals surface area contributed by atoms with Crippen LogP contribution in [0.3, 0.4) is 0 Å². The zero-order chi connectivity index (χ0) is 10.3. The fraction of sp³-hybridized carbons (Fsp3) is 0.300. The van der Waals surface area contributed by atoms with E-state index in [1.807, 2.05) is 13.0 Å². The van der Waals surface area contributed by atoms with Gasteiger partial charge in [0.25, 0.3) is 0 Å². The number of hydrogen-bond donors (Lipinski definition) is 2. The van der Waals surface area contributed by atoms with Gasteiger partial charge in [-0.1, -0.05) is 24.8 Å². The van der Waals surface area contributed by atoms with Gasteiger partial charge in [0.15, 0.2) is 0 Å². The second-order valence-corrected chi connectivity index (χ2v) is 2.83. The zero-order valence-corrected chi connectivity index (χ0v) is 8.55. The molecule has 0 aromatic carbocycles. The highest BCUT2D eigenvalue weighted by molar-refractivity contribution is 7.80. The van der Waals surface area contributed by atoms with Gasteiger partial charge in [-0.2, -0.15) is 12.6 Å². The molecule has 0 aromatic heterocycles. The third-order valence-electron chi connectivity index (χ3n) is 1.54. The fourth-order valence-corrected chi connectivity index (χ4v) is 1.09. The lowest BCUT2D eigenvalue weighted by Crippen LogP contribution is -1.96. The summed E-state index contributed by atoms with van der Waals surface area (Å²) in [5.74, 6) is -0.242. The number of carboxylic acid groups (broad SMARTS) is 1. The zero-order valence-electron chi connectivity index (χ0n) is 7.66. The van der Waals surface area contributed by atoms with Crippen molar-refractivity contribution in [3.05, 3.63) is 36.0 Å². The maximum atomic E-state index is 10.4. The number of hydrogen-bond acceptors (Lipinski definition) is 2. The largest absolute Gasteiger partial charge is 0.481 e. The quantitative estimate of drug-likeness (QED) is 0.526. The average Bonchev–Trinajstić information content (AvgIpc) is 2.11. The normalized spacial score (nSPS) is 12.8. The Balaban J connectivity index is 4.54. The van der Waals surface area contributed by atoms with E-state index in [0.717, 1.165) is 5.57 Å². The lowest BCUT2D eigenvalue weighted by Gasteiger charge is -1.99. The van der Waals surface area contributed by atoms with Gasteiger partial charge < -0.3 is 5.11 Å². The molecule has 0 amide bonds. The maximum Gasteiger partial charge on any atom is 0.307 e. The number of thiol groups is 1. The summed E-state index contributed by atoms with van der Waals surface area (Å²) in [7, 11) is 0. The monoisotopic (exact) mass is 198 g/mol. The Morgan fingerprint density at radius 3 is 2.46 bits per heavy atom. The van der Waals surface area contributed by atoms with E-state index in [1.165, 1.54) is 0 Å². The van der Waals surface area contributed by atoms with Crippen LogP contribution in [-0.2, 0) is 4.79 Å². The molecule has 72 valence electrons. The van der Waals surface area contributed by atoms with Crippen molar-refractivity contribution in [2.45, 2.75) is 13.3 Å². The van der Waals surface area contributed by atoms with Crippen LogP contribution in [0, 0.1) is 0 Å². The number of carbonyl (C=O) groups is 1. The fourth-order valence-electron chi connectivity index (χ4n) is 0.815. The van der Waals surface area contributed by atoms with Crippen molar-refractivity contribution < 1.29 is 9.90 Å². The lowest BCUT2D eigenvalue weighted by molar-refractivity contribution is -0.136. The van der Waals surface area contributed by atoms with E-state index in [-0.39, 0.29) is 6.42 Å². The summed E-state index contributed by atoms with van der Waals surface area (Å²) in [6.07, 6.45) is 5.27. The first-order valence-electron chi connectivity index (χ1n) is 3.94. The van der Waals surface area contributed by atoms with E-state index in [4.69, 9.17) is 5.11 Å². The van der Waals surface area contributed by atoms with Gasteiger partial charge >= 0.3 is 5.97 Å². The van der Waals surface area contributed by atoms with Crippen LogP contribution >= 0.6 is 12.6 Å². The van der Waals surface area contributed by atoms with Gasteiger partial charge in [-0.15, -0.1) is 0 Å². The highest BCUT2D eigenvalue weighted by atomic mass is 32.1. The van der Waals surface area contributed by atoms with Crippen LogP contribution in [-0.4, -0.2) is 16.8 Å². The molecular weight excluding hydrogens is 184 g/mol. The molecule has 0 aliphatic heterocycles. The topological polar surface area (TPSA) is 37.3 Å². The lowest BCUT2D eigenvalue weighted by atomic mass is 10.1. The van der Waals surface area contributed by atoms with Crippen LogP contribution in [0.4, 0.5) is 0 Å². The van der Waals surface area contributed by atoms with E-state index in [9.17, 15) is 4.79 Å². The molecule has 0 radical (unpaired) electrons. The van der Waals surface area contributed by atoms with Gasteiger partial charge in [0.05, 0.1) is 6.42 Å². The van der Waals surface area contributed by atoms with Crippen molar-refractivity contribution in [2.24, 2.45) is 0 Å². The summed E-state index contributed by atoms with van der Waals surface area (Å²) < 4.78 is 0. The second-order valence-electron chi connectivity index (χ2n) is 2.52. The molecule has 0 heterocycles. The van der Waals surface area contributed by atoms with Gasteiger partial charge in [-0.25, -0.2) is 0 Å². The molecule has 0 fully saturated rings. The van der Waals surface area contributed by atoms with Gasteiger partial charge in [-0.05, 0) is 18.1 Å². The van der Waals surface area contributed by atoms with Gasteiger partial charge in [-0.3, -0.25) is 4.79 Å². The first-order valence-corrected chi connectivity index (χ1v) is 4.58. The van der Waals surface area contributed by atoms with Crippen molar-refractivity contribution in [2.75, 3.05) is 5.75 Å². The minimum Gasteiger partial charge on any atom is -0.481 e. The van der Waals surface area contributed by atoms with Crippen LogP contribution in [0.5, 0.6) is 0 Å². The van der Waals surface area contributed by atoms with Crippen molar-refractivity contribution in [1.29, 1.82) is 0 Å². The third-order valence-corrected chi connectivity index (χ3v) is 1.91. The van der Waals surface area contributed by atoms with Crippen molar-refractivity contribution in [3.8, 4) is 0 Å². The Bertz CT molecular complexity index is 252. The average molecular weight is 198 g/mol. The molecule has 0 spiro atoms. The van der Waals surface area contributed by atoms with Crippen LogP contribution in [0.2, 0.25) is 0 Å². The van der Waals surface area contributed by atoms with E-state index in [0.29, 0.717) is 11.3 Å². The summed E-state index contributed by atoms with van der Waals surface area (Å²) in [5, 5.41) is 8.55. The standard InChI is InChI=1S/C10H14O2S/c1-3-8(6-10(11)12)5-9(4-2)7-13/h3-5,13H,1,6-7H2,2H3,(H,11,12)/b8-5+,9-4+. The summed E-state index contributed by atoms with van der Waals surface area (Å²) in [6, 6.07) is 0. The van der Waals surface area contributed by atoms with Crippen LogP contribution in [0.25, 0.3) is 0 Å². The predicted octanol–water partition coefficient (Wildman–Crippen LogP) is 2.45. The molecule has 0 bridgehead atoms. The van der Waals surface area contributed by atoms with Gasteiger partial charge in [0.2, 0.25) is 0 Å². The summed E-state index contributed by atoms with van der Waals surface area (Å²) in [4.78, 5) is 10.4. The number of carboxylic acids is 1. The first-order chi connectivity index (χ1) is 6.13. The van der Waals surface area contributed by atoms with Gasteiger partial charge in [0.1, 0.15) is 0 Å². The Labute approximate surface area is 84.1 Å². The van der Waals surface area contributed by atoms with Crippen LogP contribution in [0.15, 0.2) is 36.0 Å². The molecule has 0 unspecified atom stereocenters. The predicted molar refractivity (Wildman–Crippen MR) is 58.1 cm³/mol. The van der Waals surface area contributed by atoms with Crippen LogP contribution in [0.1, 0.15) is 13.3 Å². The summed E-state index contributed by atoms with van der Waals surface area (Å²) in [6.45, 7) is 5.44. The Hall–Kier alpha value is -0.960. The molecule has 0 saturated heterocycles. The van der Waals surface area contributed by atoms with Gasteiger partial charge in [0, 0.05) is 5.75 Å². The Morgan fingerprint density at radius 1 is 1.54 bits per heavy atom. The third kappa shape index (κ3) is 5.31. The first kappa shape index (κ1) is 12.0. The summed E-state index contributed by atoms with van der Waals surface area (Å²) in [5.41, 5.74) is 1.70. The molecule has 0 aromatic rings. The van der Waals surface area contributed by atoms with Crippen molar-refractivity contribution in [3.63, 3.8) is 0 Å². The highest BCUT2D eigenvalue weighted by Crippen LogP contribution is 2.09. The minimum atomic E-state index is -0.847. The number of aliphatic carboxylic acids is 1. The minimum absolute atomic E-state index is 0.00855. The van der Waals surface area contributed by atoms with Crippen molar-refractivity contribution >= 4 is 18.6 Å². The van der Waals surface area contributed by atoms with E-state index < -0.39 is 5.97 Å².